The van der Waals surface area contributed by atoms with Crippen molar-refractivity contribution in [1.29, 1.82) is 0 Å². The molecule has 0 radical (unpaired) electrons. The molecule has 0 aliphatic carbocycles. The van der Waals surface area contributed by atoms with Crippen molar-refractivity contribution < 1.29 is 8.83 Å². The van der Waals surface area contributed by atoms with Gasteiger partial charge in [-0.15, -0.1) is 0 Å². The number of furan rings is 2. The predicted molar refractivity (Wildman–Crippen MR) is 175 cm³/mol. The Labute approximate surface area is 242 Å². The maximum Gasteiger partial charge on any atom is 0.146 e. The zero-order valence-corrected chi connectivity index (χ0v) is 22.7. The van der Waals surface area contributed by atoms with E-state index in [2.05, 4.69) is 121 Å². The highest BCUT2D eigenvalue weighted by Gasteiger charge is 2.18. The topological polar surface area (TPSA) is 26.3 Å². The Bertz CT molecular complexity index is 2380. The van der Waals surface area contributed by atoms with Crippen LogP contribution in [0.1, 0.15) is 0 Å². The van der Waals surface area contributed by atoms with Crippen LogP contribution in [-0.4, -0.2) is 0 Å². The lowest BCUT2D eigenvalue weighted by Crippen LogP contribution is -1.90. The van der Waals surface area contributed by atoms with Gasteiger partial charge < -0.3 is 8.83 Å². The highest BCUT2D eigenvalue weighted by Crippen LogP contribution is 2.44. The van der Waals surface area contributed by atoms with Crippen molar-refractivity contribution >= 4 is 54.5 Å². The van der Waals surface area contributed by atoms with Crippen LogP contribution in [0.5, 0.6) is 0 Å². The summed E-state index contributed by atoms with van der Waals surface area (Å²) in [6, 6.07) is 49.8. The van der Waals surface area contributed by atoms with Crippen LogP contribution in [0, 0.1) is 0 Å². The lowest BCUT2D eigenvalue weighted by atomic mass is 9.85. The summed E-state index contributed by atoms with van der Waals surface area (Å²) in [6.07, 6.45) is 1.72. The molecule has 0 unspecified atom stereocenters. The van der Waals surface area contributed by atoms with Gasteiger partial charge in [0.25, 0.3) is 0 Å². The van der Waals surface area contributed by atoms with Crippen molar-refractivity contribution in [2.75, 3.05) is 0 Å². The lowest BCUT2D eigenvalue weighted by Gasteiger charge is -2.18. The standard InChI is InChI=1S/C40H24O2/c1-2-9-26(10-3-1)37-29-11-4-6-13-31(29)38(32-14-7-5-12-30(32)37)27-19-17-25(18-20-27)28-15-8-16-36-39(28)34-21-22-35-33(23-24-41-35)40(34)42-36/h1-24H. The third-order valence-electron chi connectivity index (χ3n) is 8.57. The molecule has 7 aromatic carbocycles. The number of fused-ring (bicyclic) bond motifs is 7. The molecule has 2 heteroatoms. The van der Waals surface area contributed by atoms with E-state index in [1.54, 1.807) is 6.26 Å². The van der Waals surface area contributed by atoms with E-state index in [0.29, 0.717) is 0 Å². The van der Waals surface area contributed by atoms with E-state index in [9.17, 15) is 0 Å². The molecule has 0 amide bonds. The summed E-state index contributed by atoms with van der Waals surface area (Å²) in [7, 11) is 0. The van der Waals surface area contributed by atoms with Crippen LogP contribution >= 0.6 is 0 Å². The van der Waals surface area contributed by atoms with E-state index in [1.807, 2.05) is 18.2 Å². The van der Waals surface area contributed by atoms with Gasteiger partial charge in [0.1, 0.15) is 16.7 Å². The normalized spacial score (nSPS) is 11.8. The Hall–Kier alpha value is -5.60. The molecular formula is C40H24O2. The first-order valence-corrected chi connectivity index (χ1v) is 14.3. The first-order valence-electron chi connectivity index (χ1n) is 14.3. The third-order valence-corrected chi connectivity index (χ3v) is 8.57. The molecule has 42 heavy (non-hydrogen) atoms. The number of hydrogen-bond donors (Lipinski definition) is 0. The number of hydrogen-bond acceptors (Lipinski definition) is 2. The van der Waals surface area contributed by atoms with E-state index in [0.717, 1.165) is 44.0 Å². The molecule has 9 rings (SSSR count). The summed E-state index contributed by atoms with van der Waals surface area (Å²) < 4.78 is 12.0. The largest absolute Gasteiger partial charge is 0.464 e. The van der Waals surface area contributed by atoms with E-state index in [-0.39, 0.29) is 0 Å². The highest BCUT2D eigenvalue weighted by molar-refractivity contribution is 6.22. The Morgan fingerprint density at radius 3 is 1.62 bits per heavy atom. The van der Waals surface area contributed by atoms with Gasteiger partial charge in [-0.2, -0.15) is 0 Å². The van der Waals surface area contributed by atoms with Crippen LogP contribution in [-0.2, 0) is 0 Å². The average Bonchev–Trinajstić information content (AvgIpc) is 3.69. The molecule has 2 nitrogen and oxygen atoms in total. The minimum absolute atomic E-state index is 0.838. The van der Waals surface area contributed by atoms with Gasteiger partial charge >= 0.3 is 0 Å². The predicted octanol–water partition coefficient (Wildman–Crippen LogP) is 11.6. The van der Waals surface area contributed by atoms with Crippen LogP contribution in [0.15, 0.2) is 155 Å². The molecule has 0 aliphatic heterocycles. The Morgan fingerprint density at radius 2 is 0.952 bits per heavy atom. The smallest absolute Gasteiger partial charge is 0.146 e. The van der Waals surface area contributed by atoms with Crippen molar-refractivity contribution in [2.45, 2.75) is 0 Å². The minimum Gasteiger partial charge on any atom is -0.464 e. The molecule has 0 N–H and O–H groups in total. The summed E-state index contributed by atoms with van der Waals surface area (Å²) in [5.74, 6) is 0. The van der Waals surface area contributed by atoms with Gasteiger partial charge in [-0.25, -0.2) is 0 Å². The summed E-state index contributed by atoms with van der Waals surface area (Å²) in [4.78, 5) is 0. The van der Waals surface area contributed by atoms with Crippen LogP contribution < -0.4 is 0 Å². The van der Waals surface area contributed by atoms with Crippen molar-refractivity contribution in [3.8, 4) is 33.4 Å². The molecule has 9 aromatic rings. The average molecular weight is 537 g/mol. The van der Waals surface area contributed by atoms with E-state index in [1.165, 1.54) is 43.8 Å². The maximum atomic E-state index is 6.36. The number of benzene rings is 7. The monoisotopic (exact) mass is 536 g/mol. The fraction of sp³-hybridized carbons (Fsp3) is 0. The van der Waals surface area contributed by atoms with Gasteiger partial charge in [0.15, 0.2) is 0 Å². The van der Waals surface area contributed by atoms with Crippen LogP contribution in [0.4, 0.5) is 0 Å². The molecule has 0 fully saturated rings. The summed E-state index contributed by atoms with van der Waals surface area (Å²) in [6.45, 7) is 0. The second kappa shape index (κ2) is 8.95. The molecule has 196 valence electrons. The molecule has 2 heterocycles. The molecule has 0 saturated carbocycles. The molecule has 0 aliphatic rings. The van der Waals surface area contributed by atoms with Crippen molar-refractivity contribution in [3.63, 3.8) is 0 Å². The van der Waals surface area contributed by atoms with Gasteiger partial charge in [0.05, 0.1) is 11.6 Å². The third kappa shape index (κ3) is 3.33. The van der Waals surface area contributed by atoms with E-state index < -0.39 is 0 Å². The first-order chi connectivity index (χ1) is 20.8. The van der Waals surface area contributed by atoms with Crippen LogP contribution in [0.2, 0.25) is 0 Å². The molecule has 0 atom stereocenters. The molecular weight excluding hydrogens is 512 g/mol. The van der Waals surface area contributed by atoms with E-state index >= 15 is 0 Å². The number of rotatable bonds is 3. The molecule has 2 aromatic heterocycles. The first kappa shape index (κ1) is 23.1. The zero-order chi connectivity index (χ0) is 27.6. The van der Waals surface area contributed by atoms with E-state index in [4.69, 9.17) is 8.83 Å². The molecule has 0 spiro atoms. The zero-order valence-electron chi connectivity index (χ0n) is 22.7. The quantitative estimate of drug-likeness (QED) is 0.210. The van der Waals surface area contributed by atoms with Gasteiger partial charge in [-0.05, 0) is 79.2 Å². The Kier molecular flexibility index (Phi) is 4.93. The van der Waals surface area contributed by atoms with Crippen LogP contribution in [0.3, 0.4) is 0 Å². The SMILES string of the molecule is c1ccc(-c2c3ccccc3c(-c3ccc(-c4cccc5oc6c7ccoc7ccc6c45)cc3)c3ccccc23)cc1. The van der Waals surface area contributed by atoms with Gasteiger partial charge in [-0.1, -0.05) is 115 Å². The Balaban J connectivity index is 1.26. The second-order valence-electron chi connectivity index (χ2n) is 10.8. The summed E-state index contributed by atoms with van der Waals surface area (Å²) >= 11 is 0. The van der Waals surface area contributed by atoms with Gasteiger partial charge in [-0.3, -0.25) is 0 Å². The maximum absolute atomic E-state index is 6.36. The highest BCUT2D eigenvalue weighted by atomic mass is 16.3. The van der Waals surface area contributed by atoms with Crippen molar-refractivity contribution in [2.24, 2.45) is 0 Å². The van der Waals surface area contributed by atoms with Crippen molar-refractivity contribution in [3.05, 3.63) is 146 Å². The molecule has 0 bridgehead atoms. The fourth-order valence-electron chi connectivity index (χ4n) is 6.74. The Morgan fingerprint density at radius 1 is 0.357 bits per heavy atom. The van der Waals surface area contributed by atoms with Gasteiger partial charge in [0.2, 0.25) is 0 Å². The lowest BCUT2D eigenvalue weighted by molar-refractivity contribution is 0.615. The summed E-state index contributed by atoms with van der Waals surface area (Å²) in [5, 5.41) is 8.29. The fourth-order valence-corrected chi connectivity index (χ4v) is 6.74. The summed E-state index contributed by atoms with van der Waals surface area (Å²) in [5.41, 5.74) is 9.91. The van der Waals surface area contributed by atoms with Crippen molar-refractivity contribution in [1.82, 2.24) is 0 Å². The molecule has 0 saturated heterocycles. The van der Waals surface area contributed by atoms with Gasteiger partial charge in [0, 0.05) is 10.8 Å². The second-order valence-corrected chi connectivity index (χ2v) is 10.8. The minimum atomic E-state index is 0.838. The van der Waals surface area contributed by atoms with Crippen LogP contribution in [0.25, 0.3) is 87.8 Å².